The van der Waals surface area contributed by atoms with Gasteiger partial charge in [0, 0.05) is 34.4 Å². The molecule has 0 aliphatic rings. The van der Waals surface area contributed by atoms with Crippen LogP contribution in [0.1, 0.15) is 63.2 Å². The Balaban J connectivity index is 2.02. The standard InChI is InChI=1S/C30H34Cl2N4O4/c1-29(2,3)34-27(37)25-22(18-39-7)26(20-11-13-21(31)14-12-20)36(35-25)24-15-10-19(17-23(24)32)9-8-16-33-28(38)40-30(4,5)6/h10-15,17H,16,18H2,1-7H3,(H,33,38)(H,34,37). The van der Waals surface area contributed by atoms with E-state index in [1.54, 1.807) is 62.9 Å². The molecule has 2 amide bonds. The van der Waals surface area contributed by atoms with E-state index in [0.717, 1.165) is 5.56 Å². The zero-order valence-electron chi connectivity index (χ0n) is 23.7. The maximum atomic E-state index is 13.3. The molecule has 212 valence electrons. The Bertz CT molecular complexity index is 1440. The molecule has 0 radical (unpaired) electrons. The fourth-order valence-corrected chi connectivity index (χ4v) is 4.11. The van der Waals surface area contributed by atoms with E-state index < -0.39 is 17.2 Å². The first-order valence-corrected chi connectivity index (χ1v) is 13.4. The van der Waals surface area contributed by atoms with E-state index in [4.69, 9.17) is 37.8 Å². The molecular formula is C30H34Cl2N4O4. The molecule has 3 rings (SSSR count). The molecular weight excluding hydrogens is 551 g/mol. The van der Waals surface area contributed by atoms with Crippen molar-refractivity contribution in [2.75, 3.05) is 13.7 Å². The molecule has 0 spiro atoms. The van der Waals surface area contributed by atoms with Gasteiger partial charge in [0.05, 0.1) is 29.6 Å². The summed E-state index contributed by atoms with van der Waals surface area (Å²) in [5.74, 6) is 5.54. The fourth-order valence-electron chi connectivity index (χ4n) is 3.73. The number of amides is 2. The summed E-state index contributed by atoms with van der Waals surface area (Å²) in [6, 6.07) is 12.5. The molecule has 0 aliphatic heterocycles. The maximum absolute atomic E-state index is 13.3. The average Bonchev–Trinajstić information content (AvgIpc) is 3.19. The highest BCUT2D eigenvalue weighted by molar-refractivity contribution is 6.32. The largest absolute Gasteiger partial charge is 0.444 e. The monoisotopic (exact) mass is 584 g/mol. The van der Waals surface area contributed by atoms with Gasteiger partial charge in [-0.2, -0.15) is 5.10 Å². The van der Waals surface area contributed by atoms with Gasteiger partial charge in [-0.25, -0.2) is 9.48 Å². The Morgan fingerprint density at radius 3 is 2.27 bits per heavy atom. The predicted molar refractivity (Wildman–Crippen MR) is 158 cm³/mol. The number of alkyl carbamates (subject to hydrolysis) is 1. The summed E-state index contributed by atoms with van der Waals surface area (Å²) in [4.78, 5) is 25.1. The maximum Gasteiger partial charge on any atom is 0.408 e. The Hall–Kier alpha value is -3.51. The molecule has 0 unspecified atom stereocenters. The number of nitrogens with zero attached hydrogens (tertiary/aromatic N) is 2. The summed E-state index contributed by atoms with van der Waals surface area (Å²) < 4.78 is 12.3. The van der Waals surface area contributed by atoms with Crippen LogP contribution < -0.4 is 10.6 Å². The van der Waals surface area contributed by atoms with Crippen LogP contribution in [0.3, 0.4) is 0 Å². The molecule has 0 bridgehead atoms. The SMILES string of the molecule is COCc1c(C(=O)NC(C)(C)C)nn(-c2ccc(C#CCNC(=O)OC(C)(C)C)cc2Cl)c1-c1ccc(Cl)cc1. The van der Waals surface area contributed by atoms with Crippen LogP contribution in [0.2, 0.25) is 10.0 Å². The first-order chi connectivity index (χ1) is 18.7. The van der Waals surface area contributed by atoms with Crippen LogP contribution in [0.4, 0.5) is 4.79 Å². The second-order valence-electron chi connectivity index (χ2n) is 11.1. The molecule has 2 N–H and O–H groups in total. The van der Waals surface area contributed by atoms with E-state index in [-0.39, 0.29) is 24.8 Å². The van der Waals surface area contributed by atoms with E-state index in [1.165, 1.54) is 0 Å². The van der Waals surface area contributed by atoms with Crippen molar-refractivity contribution >= 4 is 35.2 Å². The van der Waals surface area contributed by atoms with Crippen LogP contribution in [0.15, 0.2) is 42.5 Å². The molecule has 1 heterocycles. The van der Waals surface area contributed by atoms with Crippen molar-refractivity contribution in [3.63, 3.8) is 0 Å². The van der Waals surface area contributed by atoms with Crippen LogP contribution in [-0.4, -0.2) is 46.6 Å². The molecule has 8 nitrogen and oxygen atoms in total. The summed E-state index contributed by atoms with van der Waals surface area (Å²) in [6.07, 6.45) is -0.540. The number of aromatic nitrogens is 2. The Morgan fingerprint density at radius 1 is 1.02 bits per heavy atom. The van der Waals surface area contributed by atoms with Crippen molar-refractivity contribution in [3.05, 3.63) is 69.3 Å². The van der Waals surface area contributed by atoms with E-state index in [9.17, 15) is 9.59 Å². The van der Waals surface area contributed by atoms with Crippen molar-refractivity contribution in [2.45, 2.75) is 59.3 Å². The number of carbonyl (C=O) groups excluding carboxylic acids is 2. The zero-order valence-corrected chi connectivity index (χ0v) is 25.3. The highest BCUT2D eigenvalue weighted by atomic mass is 35.5. The number of hydrogen-bond donors (Lipinski definition) is 2. The molecule has 0 fully saturated rings. The van der Waals surface area contributed by atoms with E-state index >= 15 is 0 Å². The molecule has 0 saturated heterocycles. The second-order valence-corrected chi connectivity index (χ2v) is 11.9. The number of rotatable bonds is 6. The minimum absolute atomic E-state index is 0.112. The number of halogens is 2. The van der Waals surface area contributed by atoms with Crippen LogP contribution in [-0.2, 0) is 16.1 Å². The van der Waals surface area contributed by atoms with E-state index in [2.05, 4.69) is 22.5 Å². The predicted octanol–water partition coefficient (Wildman–Crippen LogP) is 6.40. The van der Waals surface area contributed by atoms with Gasteiger partial charge in [-0.15, -0.1) is 0 Å². The molecule has 0 atom stereocenters. The summed E-state index contributed by atoms with van der Waals surface area (Å²) in [6.45, 7) is 11.3. The zero-order chi connectivity index (χ0) is 29.7. The second kappa shape index (κ2) is 12.8. The quantitative estimate of drug-likeness (QED) is 0.327. The molecule has 0 aliphatic carbocycles. The highest BCUT2D eigenvalue weighted by Gasteiger charge is 2.27. The summed E-state index contributed by atoms with van der Waals surface area (Å²) in [7, 11) is 1.56. The van der Waals surface area contributed by atoms with Crippen molar-refractivity contribution < 1.29 is 19.1 Å². The molecule has 2 aromatic carbocycles. The summed E-state index contributed by atoms with van der Waals surface area (Å²) in [5, 5.41) is 11.2. The Morgan fingerprint density at radius 2 is 1.70 bits per heavy atom. The first-order valence-electron chi connectivity index (χ1n) is 12.6. The lowest BCUT2D eigenvalue weighted by atomic mass is 10.0. The number of carbonyl (C=O) groups is 2. The molecule has 0 saturated carbocycles. The molecule has 40 heavy (non-hydrogen) atoms. The number of methoxy groups -OCH3 is 1. The lowest BCUT2D eigenvalue weighted by Crippen LogP contribution is -2.41. The number of hydrogen-bond acceptors (Lipinski definition) is 5. The molecule has 3 aromatic rings. The van der Waals surface area contributed by atoms with Gasteiger partial charge in [-0.1, -0.05) is 47.2 Å². The molecule has 10 heteroatoms. The topological polar surface area (TPSA) is 94.5 Å². The number of ether oxygens (including phenoxy) is 2. The van der Waals surface area contributed by atoms with Gasteiger partial charge in [0.2, 0.25) is 0 Å². The van der Waals surface area contributed by atoms with Gasteiger partial charge < -0.3 is 20.1 Å². The lowest BCUT2D eigenvalue weighted by Gasteiger charge is -2.20. The van der Waals surface area contributed by atoms with Crippen molar-refractivity contribution in [2.24, 2.45) is 0 Å². The van der Waals surface area contributed by atoms with E-state index in [1.807, 2.05) is 32.9 Å². The summed E-state index contributed by atoms with van der Waals surface area (Å²) in [5.41, 5.74) is 2.41. The minimum Gasteiger partial charge on any atom is -0.444 e. The van der Waals surface area contributed by atoms with Gasteiger partial charge in [0.25, 0.3) is 5.91 Å². The molecule has 1 aromatic heterocycles. The first kappa shape index (κ1) is 31.0. The third kappa shape index (κ3) is 8.49. The van der Waals surface area contributed by atoms with Gasteiger partial charge in [0.15, 0.2) is 5.69 Å². The third-order valence-corrected chi connectivity index (χ3v) is 5.78. The lowest BCUT2D eigenvalue weighted by molar-refractivity contribution is 0.0535. The van der Waals surface area contributed by atoms with Gasteiger partial charge >= 0.3 is 6.09 Å². The smallest absolute Gasteiger partial charge is 0.408 e. The van der Waals surface area contributed by atoms with Crippen LogP contribution >= 0.6 is 23.2 Å². The van der Waals surface area contributed by atoms with Crippen molar-refractivity contribution in [1.29, 1.82) is 0 Å². The average molecular weight is 586 g/mol. The Labute approximate surface area is 245 Å². The number of benzene rings is 2. The normalized spacial score (nSPS) is 11.4. The highest BCUT2D eigenvalue weighted by Crippen LogP contribution is 2.33. The van der Waals surface area contributed by atoms with E-state index in [0.29, 0.717) is 32.6 Å². The van der Waals surface area contributed by atoms with Crippen LogP contribution in [0.5, 0.6) is 0 Å². The fraction of sp³-hybridized carbons (Fsp3) is 0.367. The summed E-state index contributed by atoms with van der Waals surface area (Å²) >= 11 is 12.9. The van der Waals surface area contributed by atoms with Crippen LogP contribution in [0, 0.1) is 11.8 Å². The van der Waals surface area contributed by atoms with Gasteiger partial charge in [0.1, 0.15) is 5.60 Å². The van der Waals surface area contributed by atoms with Gasteiger partial charge in [-0.3, -0.25) is 4.79 Å². The third-order valence-electron chi connectivity index (χ3n) is 5.22. The Kier molecular flexibility index (Phi) is 9.91. The van der Waals surface area contributed by atoms with Crippen LogP contribution in [0.25, 0.3) is 16.9 Å². The van der Waals surface area contributed by atoms with Crippen molar-refractivity contribution in [1.82, 2.24) is 20.4 Å². The number of nitrogens with one attached hydrogen (secondary N) is 2. The van der Waals surface area contributed by atoms with Gasteiger partial charge in [-0.05, 0) is 71.9 Å². The minimum atomic E-state index is -0.589. The van der Waals surface area contributed by atoms with Crippen molar-refractivity contribution in [3.8, 4) is 28.8 Å².